The van der Waals surface area contributed by atoms with E-state index in [0.29, 0.717) is 5.92 Å². The number of hydrogen-bond acceptors (Lipinski definition) is 1. The molecule has 23 heavy (non-hydrogen) atoms. The van der Waals surface area contributed by atoms with Crippen molar-refractivity contribution < 1.29 is 0 Å². The zero-order valence-corrected chi connectivity index (χ0v) is 15.0. The maximum Gasteiger partial charge on any atom is 0.141 e. The topological polar surface area (TPSA) is 17.8 Å². The molecule has 3 rings (SSSR count). The van der Waals surface area contributed by atoms with Crippen molar-refractivity contribution in [2.75, 3.05) is 0 Å². The lowest BCUT2D eigenvalue weighted by molar-refractivity contribution is 0.413. The van der Waals surface area contributed by atoms with Gasteiger partial charge >= 0.3 is 0 Å². The van der Waals surface area contributed by atoms with Crippen LogP contribution in [0.15, 0.2) is 42.5 Å². The molecule has 120 valence electrons. The minimum absolute atomic E-state index is 0.0258. The number of imidazole rings is 1. The largest absolute Gasteiger partial charge is 0.319 e. The lowest BCUT2D eigenvalue weighted by Crippen LogP contribution is -2.22. The average molecular weight is 306 g/mol. The molecular formula is C21H26N2. The first kappa shape index (κ1) is 15.8. The summed E-state index contributed by atoms with van der Waals surface area (Å²) < 4.78 is 2.39. The molecule has 0 amide bonds. The van der Waals surface area contributed by atoms with Crippen LogP contribution in [0.4, 0.5) is 0 Å². The van der Waals surface area contributed by atoms with Gasteiger partial charge in [0.25, 0.3) is 0 Å². The lowest BCUT2D eigenvalue weighted by atomic mass is 10.0. The van der Waals surface area contributed by atoms with E-state index in [1.165, 1.54) is 22.2 Å². The Morgan fingerprint density at radius 3 is 2.30 bits per heavy atom. The van der Waals surface area contributed by atoms with Gasteiger partial charge in [-0.15, -0.1) is 0 Å². The summed E-state index contributed by atoms with van der Waals surface area (Å²) in [6, 6.07) is 15.2. The molecule has 1 heterocycles. The van der Waals surface area contributed by atoms with E-state index < -0.39 is 0 Å². The summed E-state index contributed by atoms with van der Waals surface area (Å²) in [6.07, 6.45) is 0. The summed E-state index contributed by atoms with van der Waals surface area (Å²) in [5.41, 5.74) is 6.10. The molecule has 3 aromatic rings. The number of fused-ring (bicyclic) bond motifs is 1. The van der Waals surface area contributed by atoms with Gasteiger partial charge < -0.3 is 4.57 Å². The molecule has 1 aromatic heterocycles. The first-order valence-corrected chi connectivity index (χ1v) is 8.38. The third-order valence-corrected chi connectivity index (χ3v) is 4.40. The lowest BCUT2D eigenvalue weighted by Gasteiger charge is -2.25. The number of aryl methyl sites for hydroxylation is 1. The highest BCUT2D eigenvalue weighted by molar-refractivity contribution is 5.82. The minimum Gasteiger partial charge on any atom is -0.319 e. The van der Waals surface area contributed by atoms with Gasteiger partial charge in [0.15, 0.2) is 0 Å². The molecule has 0 bridgehead atoms. The van der Waals surface area contributed by atoms with Crippen LogP contribution in [0.5, 0.6) is 0 Å². The molecule has 0 radical (unpaired) electrons. The maximum atomic E-state index is 4.97. The number of hydrogen-bond donors (Lipinski definition) is 0. The molecule has 0 saturated carbocycles. The van der Waals surface area contributed by atoms with Gasteiger partial charge in [-0.3, -0.25) is 0 Å². The molecule has 0 fully saturated rings. The molecule has 2 aromatic carbocycles. The van der Waals surface area contributed by atoms with Gasteiger partial charge in [-0.05, 0) is 56.9 Å². The second-order valence-electron chi connectivity index (χ2n) is 7.66. The Balaban J connectivity index is 2.36. The summed E-state index contributed by atoms with van der Waals surface area (Å²) >= 11 is 0. The third-order valence-electron chi connectivity index (χ3n) is 4.40. The van der Waals surface area contributed by atoms with Crippen LogP contribution in [0.2, 0.25) is 0 Å². The summed E-state index contributed by atoms with van der Waals surface area (Å²) in [5, 5.41) is 0. The Labute approximate surface area is 139 Å². The summed E-state index contributed by atoms with van der Waals surface area (Å²) in [7, 11) is 0. The summed E-state index contributed by atoms with van der Waals surface area (Å²) in [6.45, 7) is 13.4. The predicted molar refractivity (Wildman–Crippen MR) is 99.0 cm³/mol. The van der Waals surface area contributed by atoms with E-state index in [1.807, 2.05) is 0 Å². The average Bonchev–Trinajstić information content (AvgIpc) is 2.85. The number of nitrogens with zero attached hydrogens (tertiary/aromatic N) is 2. The molecule has 0 unspecified atom stereocenters. The molecule has 0 N–H and O–H groups in total. The van der Waals surface area contributed by atoms with Crippen LogP contribution in [0.25, 0.3) is 22.4 Å². The second kappa shape index (κ2) is 5.52. The fourth-order valence-electron chi connectivity index (χ4n) is 3.13. The van der Waals surface area contributed by atoms with Crippen LogP contribution in [-0.4, -0.2) is 9.55 Å². The predicted octanol–water partition coefficient (Wildman–Crippen LogP) is 5.89. The normalized spacial score (nSPS) is 12.3. The van der Waals surface area contributed by atoms with Gasteiger partial charge in [-0.1, -0.05) is 44.2 Å². The highest BCUT2D eigenvalue weighted by atomic mass is 15.1. The smallest absolute Gasteiger partial charge is 0.141 e. The quantitative estimate of drug-likeness (QED) is 0.577. The Kier molecular flexibility index (Phi) is 3.79. The first-order chi connectivity index (χ1) is 10.8. The summed E-state index contributed by atoms with van der Waals surface area (Å²) in [4.78, 5) is 4.97. The third kappa shape index (κ3) is 2.78. The Morgan fingerprint density at radius 2 is 1.70 bits per heavy atom. The highest BCUT2D eigenvalue weighted by Crippen LogP contribution is 2.33. The van der Waals surface area contributed by atoms with Crippen LogP contribution in [0.1, 0.15) is 51.7 Å². The first-order valence-electron chi connectivity index (χ1n) is 8.38. The van der Waals surface area contributed by atoms with Crippen molar-refractivity contribution in [3.8, 4) is 11.4 Å². The maximum absolute atomic E-state index is 4.97. The van der Waals surface area contributed by atoms with Crippen molar-refractivity contribution in [1.82, 2.24) is 9.55 Å². The van der Waals surface area contributed by atoms with Gasteiger partial charge in [-0.2, -0.15) is 0 Å². The van der Waals surface area contributed by atoms with Crippen molar-refractivity contribution in [2.45, 2.75) is 53.0 Å². The van der Waals surface area contributed by atoms with Gasteiger partial charge in [0.2, 0.25) is 0 Å². The standard InChI is InChI=1S/C21H26N2/c1-14(2)16-11-12-18-19(13-16)23(21(4,5)6)20(22-18)17-10-8-7-9-15(17)3/h7-14H,1-6H3. The molecular weight excluding hydrogens is 280 g/mol. The Morgan fingerprint density at radius 1 is 1.00 bits per heavy atom. The van der Waals surface area contributed by atoms with Crippen LogP contribution < -0.4 is 0 Å². The van der Waals surface area contributed by atoms with Gasteiger partial charge in [0, 0.05) is 11.1 Å². The van der Waals surface area contributed by atoms with E-state index >= 15 is 0 Å². The van der Waals surface area contributed by atoms with Crippen LogP contribution in [-0.2, 0) is 5.54 Å². The molecule has 0 atom stereocenters. The van der Waals surface area contributed by atoms with Gasteiger partial charge in [0.1, 0.15) is 5.82 Å². The van der Waals surface area contributed by atoms with E-state index in [-0.39, 0.29) is 5.54 Å². The van der Waals surface area contributed by atoms with Crippen LogP contribution in [0, 0.1) is 6.92 Å². The Hall–Kier alpha value is -2.09. The fraction of sp³-hybridized carbons (Fsp3) is 0.381. The van der Waals surface area contributed by atoms with Crippen molar-refractivity contribution >= 4 is 11.0 Å². The van der Waals surface area contributed by atoms with Crippen molar-refractivity contribution in [1.29, 1.82) is 0 Å². The number of rotatable bonds is 2. The van der Waals surface area contributed by atoms with E-state index in [1.54, 1.807) is 0 Å². The molecule has 0 spiro atoms. The summed E-state index contributed by atoms with van der Waals surface area (Å²) in [5.74, 6) is 1.58. The van der Waals surface area contributed by atoms with Crippen LogP contribution >= 0.6 is 0 Å². The second-order valence-corrected chi connectivity index (χ2v) is 7.66. The fourth-order valence-corrected chi connectivity index (χ4v) is 3.13. The molecule has 0 aliphatic rings. The molecule has 0 saturated heterocycles. The number of benzene rings is 2. The van der Waals surface area contributed by atoms with Crippen molar-refractivity contribution in [2.24, 2.45) is 0 Å². The van der Waals surface area contributed by atoms with Gasteiger partial charge in [-0.25, -0.2) is 4.98 Å². The van der Waals surface area contributed by atoms with Gasteiger partial charge in [0.05, 0.1) is 11.0 Å². The monoisotopic (exact) mass is 306 g/mol. The SMILES string of the molecule is Cc1ccccc1-c1nc2ccc(C(C)C)cc2n1C(C)(C)C. The van der Waals surface area contributed by atoms with E-state index in [4.69, 9.17) is 4.98 Å². The van der Waals surface area contributed by atoms with E-state index in [0.717, 1.165) is 11.3 Å². The Bertz CT molecular complexity index is 848. The molecule has 2 heteroatoms. The van der Waals surface area contributed by atoms with Crippen molar-refractivity contribution in [3.63, 3.8) is 0 Å². The van der Waals surface area contributed by atoms with Crippen LogP contribution in [0.3, 0.4) is 0 Å². The van der Waals surface area contributed by atoms with E-state index in [9.17, 15) is 0 Å². The number of aromatic nitrogens is 2. The molecule has 0 aliphatic heterocycles. The molecule has 2 nitrogen and oxygen atoms in total. The highest BCUT2D eigenvalue weighted by Gasteiger charge is 2.23. The zero-order chi connectivity index (χ0) is 16.8. The zero-order valence-electron chi connectivity index (χ0n) is 15.0. The van der Waals surface area contributed by atoms with E-state index in [2.05, 4.69) is 88.6 Å². The minimum atomic E-state index is -0.0258. The van der Waals surface area contributed by atoms with Crippen molar-refractivity contribution in [3.05, 3.63) is 53.6 Å². The molecule has 0 aliphatic carbocycles.